The molecule has 0 aliphatic carbocycles. The van der Waals surface area contributed by atoms with Gasteiger partial charge in [-0.25, -0.2) is 29.5 Å². The molecule has 1 aromatic carbocycles. The van der Waals surface area contributed by atoms with Crippen molar-refractivity contribution < 1.29 is 24.2 Å². The summed E-state index contributed by atoms with van der Waals surface area (Å²) in [6.07, 6.45) is 2.44. The lowest BCUT2D eigenvalue weighted by Crippen LogP contribution is -2.55. The Kier molecular flexibility index (Phi) is 8.92. The van der Waals surface area contributed by atoms with Gasteiger partial charge in [0.2, 0.25) is 0 Å². The zero-order chi connectivity index (χ0) is 30.8. The van der Waals surface area contributed by atoms with Gasteiger partial charge in [-0.1, -0.05) is 27.5 Å². The minimum atomic E-state index is -1.44. The summed E-state index contributed by atoms with van der Waals surface area (Å²) in [7, 11) is 3.43. The molecular formula is C26H31BrClN9O5. The fraction of sp³-hybridized carbons (Fsp3) is 0.423. The number of carbonyl (C=O) groups is 3. The van der Waals surface area contributed by atoms with Crippen molar-refractivity contribution in [2.75, 3.05) is 37.4 Å². The first-order valence-electron chi connectivity index (χ1n) is 12.8. The molecule has 2 aromatic heterocycles. The third kappa shape index (κ3) is 7.07. The van der Waals surface area contributed by atoms with Crippen LogP contribution in [0, 0.1) is 0 Å². The molecule has 0 saturated carbocycles. The molecule has 224 valence electrons. The number of halogens is 2. The van der Waals surface area contributed by atoms with E-state index in [1.54, 1.807) is 62.8 Å². The quantitative estimate of drug-likeness (QED) is 0.248. The van der Waals surface area contributed by atoms with E-state index in [4.69, 9.17) is 16.3 Å². The highest BCUT2D eigenvalue weighted by atomic mass is 79.9. The summed E-state index contributed by atoms with van der Waals surface area (Å²) in [5, 5.41) is 15.0. The van der Waals surface area contributed by atoms with Gasteiger partial charge in [-0.15, -0.1) is 0 Å². The Labute approximate surface area is 255 Å². The SMILES string of the molecule is CN(C)C=NC(=O)C1(NC(=O)O)CCN(c2cc(Cl)cc(Br)c2Cn2cnc3c(NC(=O)OC(C)(C)C)ncnc32)C1. The van der Waals surface area contributed by atoms with Crippen LogP contribution in [0.2, 0.25) is 5.02 Å². The summed E-state index contributed by atoms with van der Waals surface area (Å²) in [6.45, 7) is 5.95. The number of nitrogens with one attached hydrogen (secondary N) is 2. The van der Waals surface area contributed by atoms with Crippen molar-refractivity contribution >= 4 is 74.6 Å². The van der Waals surface area contributed by atoms with Gasteiger partial charge in [0.05, 0.1) is 25.8 Å². The van der Waals surface area contributed by atoms with E-state index < -0.39 is 29.2 Å². The molecule has 0 bridgehead atoms. The molecule has 14 nitrogen and oxygen atoms in total. The Morgan fingerprint density at radius 3 is 2.67 bits per heavy atom. The maximum atomic E-state index is 13.1. The second-order valence-corrected chi connectivity index (χ2v) is 12.3. The van der Waals surface area contributed by atoms with E-state index in [0.29, 0.717) is 32.9 Å². The molecule has 3 aromatic rings. The van der Waals surface area contributed by atoms with Crippen LogP contribution in [-0.2, 0) is 16.1 Å². The van der Waals surface area contributed by atoms with Crippen LogP contribution in [-0.4, -0.2) is 92.3 Å². The number of amides is 3. The molecule has 1 unspecified atom stereocenters. The van der Waals surface area contributed by atoms with E-state index in [0.717, 1.165) is 5.56 Å². The molecule has 16 heteroatoms. The molecule has 42 heavy (non-hydrogen) atoms. The van der Waals surface area contributed by atoms with Crippen LogP contribution in [0.5, 0.6) is 0 Å². The number of aliphatic imine (C=N–C) groups is 1. The maximum Gasteiger partial charge on any atom is 0.413 e. The topological polar surface area (TPSA) is 167 Å². The summed E-state index contributed by atoms with van der Waals surface area (Å²) in [6, 6.07) is 3.50. The van der Waals surface area contributed by atoms with Gasteiger partial charge in [-0.05, 0) is 39.3 Å². The number of ether oxygens (including phenoxy) is 1. The fourth-order valence-corrected chi connectivity index (χ4v) is 5.45. The van der Waals surface area contributed by atoms with Gasteiger partial charge in [-0.3, -0.25) is 10.1 Å². The van der Waals surface area contributed by atoms with E-state index >= 15 is 0 Å². The van der Waals surface area contributed by atoms with Crippen molar-refractivity contribution in [1.82, 2.24) is 29.7 Å². The third-order valence-electron chi connectivity index (χ3n) is 6.26. The molecule has 3 amide bonds. The normalized spacial score (nSPS) is 17.1. The second-order valence-electron chi connectivity index (χ2n) is 11.0. The molecule has 1 saturated heterocycles. The summed E-state index contributed by atoms with van der Waals surface area (Å²) >= 11 is 10.1. The molecule has 1 aliphatic heterocycles. The van der Waals surface area contributed by atoms with Gasteiger partial charge in [0.25, 0.3) is 5.91 Å². The molecule has 3 N–H and O–H groups in total. The molecule has 0 radical (unpaired) electrons. The number of aromatic nitrogens is 4. The second kappa shape index (κ2) is 12.1. The van der Waals surface area contributed by atoms with Crippen LogP contribution in [0.1, 0.15) is 32.8 Å². The monoisotopic (exact) mass is 663 g/mol. The van der Waals surface area contributed by atoms with E-state index in [9.17, 15) is 19.5 Å². The van der Waals surface area contributed by atoms with Crippen LogP contribution >= 0.6 is 27.5 Å². The van der Waals surface area contributed by atoms with Crippen molar-refractivity contribution in [3.63, 3.8) is 0 Å². The maximum absolute atomic E-state index is 13.1. The average Bonchev–Trinajstić information content (AvgIpc) is 3.48. The summed E-state index contributed by atoms with van der Waals surface area (Å²) in [5.74, 6) is -0.393. The molecule has 1 atom stereocenters. The van der Waals surface area contributed by atoms with E-state index in [-0.39, 0.29) is 25.3 Å². The van der Waals surface area contributed by atoms with E-state index in [2.05, 4.69) is 46.5 Å². The van der Waals surface area contributed by atoms with Crippen LogP contribution in [0.25, 0.3) is 11.2 Å². The smallest absolute Gasteiger partial charge is 0.413 e. The van der Waals surface area contributed by atoms with Crippen LogP contribution in [0.3, 0.4) is 0 Å². The van der Waals surface area contributed by atoms with Gasteiger partial charge in [0, 0.05) is 41.4 Å². The molecular weight excluding hydrogens is 634 g/mol. The highest BCUT2D eigenvalue weighted by molar-refractivity contribution is 9.10. The number of imidazole rings is 1. The molecule has 1 fully saturated rings. The third-order valence-corrected chi connectivity index (χ3v) is 7.18. The number of carbonyl (C=O) groups excluding carboxylic acids is 2. The highest BCUT2D eigenvalue weighted by Crippen LogP contribution is 2.37. The Morgan fingerprint density at radius 2 is 2.00 bits per heavy atom. The first-order chi connectivity index (χ1) is 19.7. The minimum Gasteiger partial charge on any atom is -0.465 e. The number of anilines is 2. The van der Waals surface area contributed by atoms with Crippen LogP contribution in [0.4, 0.5) is 21.1 Å². The Bertz CT molecular complexity index is 1550. The van der Waals surface area contributed by atoms with E-state index in [1.165, 1.54) is 12.7 Å². The van der Waals surface area contributed by atoms with Gasteiger partial charge in [-0.2, -0.15) is 0 Å². The summed E-state index contributed by atoms with van der Waals surface area (Å²) in [5.41, 5.74) is 0.168. The van der Waals surface area contributed by atoms with Crippen molar-refractivity contribution in [1.29, 1.82) is 0 Å². The predicted octanol–water partition coefficient (Wildman–Crippen LogP) is 3.97. The number of fused-ring (bicyclic) bond motifs is 1. The lowest BCUT2D eigenvalue weighted by atomic mass is 9.98. The number of benzene rings is 1. The van der Waals surface area contributed by atoms with E-state index in [1.807, 2.05) is 4.90 Å². The summed E-state index contributed by atoms with van der Waals surface area (Å²) in [4.78, 5) is 57.6. The first kappa shape index (κ1) is 31.0. The molecule has 1 aliphatic rings. The van der Waals surface area contributed by atoms with Crippen molar-refractivity contribution in [2.45, 2.75) is 44.9 Å². The molecule has 3 heterocycles. The standard InChI is InChI=1S/C26H31BrClN9O5/c1-25(2,3)42-24(41)33-20-19-21(30-12-29-20)37(14-31-19)10-16-17(27)8-15(28)9-18(16)36-7-6-26(11-36,34-23(39)40)22(38)32-13-35(4)5/h8-9,12-14,34H,6-7,10-11H2,1-5H3,(H,39,40)(H,29,30,33,41). The predicted molar refractivity (Wildman–Crippen MR) is 161 cm³/mol. The van der Waals surface area contributed by atoms with Crippen molar-refractivity contribution in [3.05, 3.63) is 39.8 Å². The Balaban J connectivity index is 1.67. The van der Waals surface area contributed by atoms with Gasteiger partial charge < -0.3 is 29.5 Å². The minimum absolute atomic E-state index is 0.0412. The number of hydrogen-bond acceptors (Lipinski definition) is 8. The number of carboxylic acid groups (broad SMARTS) is 1. The van der Waals surface area contributed by atoms with Crippen molar-refractivity contribution in [3.8, 4) is 0 Å². The zero-order valence-corrected chi connectivity index (χ0v) is 26.0. The first-order valence-corrected chi connectivity index (χ1v) is 14.0. The average molecular weight is 665 g/mol. The lowest BCUT2D eigenvalue weighted by molar-refractivity contribution is -0.123. The number of hydrogen-bond donors (Lipinski definition) is 3. The highest BCUT2D eigenvalue weighted by Gasteiger charge is 2.46. The molecule has 4 rings (SSSR count). The lowest BCUT2D eigenvalue weighted by Gasteiger charge is -2.28. The number of nitrogens with zero attached hydrogens (tertiary/aromatic N) is 7. The largest absolute Gasteiger partial charge is 0.465 e. The zero-order valence-electron chi connectivity index (χ0n) is 23.7. The van der Waals surface area contributed by atoms with Crippen LogP contribution < -0.4 is 15.5 Å². The fourth-order valence-electron chi connectivity index (χ4n) is 4.53. The molecule has 0 spiro atoms. The van der Waals surface area contributed by atoms with Crippen molar-refractivity contribution in [2.24, 2.45) is 4.99 Å². The van der Waals surface area contributed by atoms with Gasteiger partial charge >= 0.3 is 12.2 Å². The Hall–Kier alpha value is -3.98. The summed E-state index contributed by atoms with van der Waals surface area (Å²) < 4.78 is 7.80. The Morgan fingerprint density at radius 1 is 1.26 bits per heavy atom. The number of rotatable bonds is 7. The van der Waals surface area contributed by atoms with Gasteiger partial charge in [0.1, 0.15) is 17.5 Å². The van der Waals surface area contributed by atoms with Gasteiger partial charge in [0.15, 0.2) is 17.0 Å². The van der Waals surface area contributed by atoms with Crippen LogP contribution in [0.15, 0.2) is 34.3 Å².